The SMILES string of the molecule is CCCC1CCC(C)C(c2ccc(Oc3ccc(C(N)=O)cn3)cc2)C1. The van der Waals surface area contributed by atoms with Crippen molar-refractivity contribution in [2.75, 3.05) is 0 Å². The number of ether oxygens (including phenoxy) is 1. The molecule has 0 bridgehead atoms. The summed E-state index contributed by atoms with van der Waals surface area (Å²) in [7, 11) is 0. The summed E-state index contributed by atoms with van der Waals surface area (Å²) in [6, 6.07) is 11.7. The van der Waals surface area contributed by atoms with Gasteiger partial charge in [0, 0.05) is 12.3 Å². The number of aromatic nitrogens is 1. The maximum Gasteiger partial charge on any atom is 0.250 e. The molecule has 1 aliphatic carbocycles. The Bertz CT molecular complexity index is 725. The van der Waals surface area contributed by atoms with Gasteiger partial charge in [0.2, 0.25) is 11.8 Å². The average Bonchev–Trinajstić information content (AvgIpc) is 2.65. The molecule has 0 aliphatic heterocycles. The van der Waals surface area contributed by atoms with Gasteiger partial charge >= 0.3 is 0 Å². The molecule has 2 aromatic rings. The van der Waals surface area contributed by atoms with E-state index in [1.165, 1.54) is 43.9 Å². The first kappa shape index (κ1) is 18.4. The van der Waals surface area contributed by atoms with Crippen LogP contribution in [0.4, 0.5) is 0 Å². The monoisotopic (exact) mass is 352 g/mol. The van der Waals surface area contributed by atoms with E-state index in [0.29, 0.717) is 17.4 Å². The van der Waals surface area contributed by atoms with Crippen LogP contribution in [0.1, 0.15) is 67.8 Å². The third kappa shape index (κ3) is 4.43. The van der Waals surface area contributed by atoms with Gasteiger partial charge in [0.15, 0.2) is 0 Å². The zero-order valence-electron chi connectivity index (χ0n) is 15.7. The zero-order valence-corrected chi connectivity index (χ0v) is 15.7. The van der Waals surface area contributed by atoms with E-state index >= 15 is 0 Å². The summed E-state index contributed by atoms with van der Waals surface area (Å²) in [4.78, 5) is 15.2. The number of carbonyl (C=O) groups is 1. The third-order valence-electron chi connectivity index (χ3n) is 5.55. The summed E-state index contributed by atoms with van der Waals surface area (Å²) in [5.41, 5.74) is 7.00. The lowest BCUT2D eigenvalue weighted by Crippen LogP contribution is -2.21. The Morgan fingerprint density at radius 3 is 2.58 bits per heavy atom. The Morgan fingerprint density at radius 2 is 1.96 bits per heavy atom. The Hall–Kier alpha value is -2.36. The van der Waals surface area contributed by atoms with Crippen LogP contribution in [0.15, 0.2) is 42.6 Å². The number of hydrogen-bond donors (Lipinski definition) is 1. The van der Waals surface area contributed by atoms with Crippen LogP contribution < -0.4 is 10.5 Å². The first-order valence-electron chi connectivity index (χ1n) is 9.60. The Labute approximate surface area is 155 Å². The highest BCUT2D eigenvalue weighted by Gasteiger charge is 2.28. The second-order valence-electron chi connectivity index (χ2n) is 7.47. The van der Waals surface area contributed by atoms with Crippen molar-refractivity contribution in [1.29, 1.82) is 0 Å². The molecule has 2 N–H and O–H groups in total. The molecule has 138 valence electrons. The van der Waals surface area contributed by atoms with Crippen LogP contribution in [0.3, 0.4) is 0 Å². The van der Waals surface area contributed by atoms with Crippen molar-refractivity contribution in [3.05, 3.63) is 53.7 Å². The highest BCUT2D eigenvalue weighted by molar-refractivity contribution is 5.92. The first-order chi connectivity index (χ1) is 12.6. The van der Waals surface area contributed by atoms with E-state index in [1.54, 1.807) is 12.1 Å². The summed E-state index contributed by atoms with van der Waals surface area (Å²) >= 11 is 0. The Morgan fingerprint density at radius 1 is 1.19 bits per heavy atom. The van der Waals surface area contributed by atoms with Gasteiger partial charge in [-0.3, -0.25) is 4.79 Å². The van der Waals surface area contributed by atoms with Gasteiger partial charge in [-0.05, 0) is 54.4 Å². The number of rotatable bonds is 6. The number of hydrogen-bond acceptors (Lipinski definition) is 3. The fraction of sp³-hybridized carbons (Fsp3) is 0.455. The Balaban J connectivity index is 1.66. The first-order valence-corrected chi connectivity index (χ1v) is 9.60. The molecule has 3 unspecified atom stereocenters. The topological polar surface area (TPSA) is 65.2 Å². The van der Waals surface area contributed by atoms with Crippen LogP contribution in [0.2, 0.25) is 0 Å². The maximum absolute atomic E-state index is 11.1. The van der Waals surface area contributed by atoms with Crippen molar-refractivity contribution < 1.29 is 9.53 Å². The highest BCUT2D eigenvalue weighted by atomic mass is 16.5. The third-order valence-corrected chi connectivity index (χ3v) is 5.55. The molecule has 1 fully saturated rings. The molecule has 4 heteroatoms. The molecule has 3 atom stereocenters. The van der Waals surface area contributed by atoms with Gasteiger partial charge in [-0.1, -0.05) is 45.2 Å². The zero-order chi connectivity index (χ0) is 18.5. The smallest absolute Gasteiger partial charge is 0.250 e. The largest absolute Gasteiger partial charge is 0.439 e. The summed E-state index contributed by atoms with van der Waals surface area (Å²) < 4.78 is 5.78. The number of benzene rings is 1. The van der Waals surface area contributed by atoms with Crippen LogP contribution in [-0.2, 0) is 0 Å². The quantitative estimate of drug-likeness (QED) is 0.768. The van der Waals surface area contributed by atoms with Gasteiger partial charge in [0.25, 0.3) is 0 Å². The van der Waals surface area contributed by atoms with Crippen LogP contribution in [0.25, 0.3) is 0 Å². The molecule has 4 nitrogen and oxygen atoms in total. The second kappa shape index (κ2) is 8.35. The van der Waals surface area contributed by atoms with Crippen molar-refractivity contribution in [2.45, 2.75) is 51.9 Å². The van der Waals surface area contributed by atoms with Gasteiger partial charge < -0.3 is 10.5 Å². The van der Waals surface area contributed by atoms with E-state index in [9.17, 15) is 4.79 Å². The fourth-order valence-electron chi connectivity index (χ4n) is 4.03. The fourth-order valence-corrected chi connectivity index (χ4v) is 4.03. The van der Waals surface area contributed by atoms with Crippen LogP contribution in [0, 0.1) is 11.8 Å². The van der Waals surface area contributed by atoms with E-state index < -0.39 is 5.91 Å². The molecule has 1 saturated carbocycles. The predicted octanol–water partition coefficient (Wildman–Crippen LogP) is 5.29. The standard InChI is InChI=1S/C22H28N2O2/c1-3-4-16-6-5-15(2)20(13-16)17-7-10-19(11-8-17)26-21-12-9-18(14-24-21)22(23)25/h7-12,14-16,20H,3-6,13H2,1-2H3,(H2,23,25). The lowest BCUT2D eigenvalue weighted by molar-refractivity contribution is 0.1000. The van der Waals surface area contributed by atoms with Crippen LogP contribution in [0.5, 0.6) is 11.6 Å². The maximum atomic E-state index is 11.1. The van der Waals surface area contributed by atoms with E-state index in [1.807, 2.05) is 12.1 Å². The minimum atomic E-state index is -0.489. The van der Waals surface area contributed by atoms with E-state index in [0.717, 1.165) is 17.6 Å². The minimum Gasteiger partial charge on any atom is -0.439 e. The van der Waals surface area contributed by atoms with Crippen molar-refractivity contribution in [2.24, 2.45) is 17.6 Å². The van der Waals surface area contributed by atoms with Crippen molar-refractivity contribution in [1.82, 2.24) is 4.98 Å². The van der Waals surface area contributed by atoms with Gasteiger partial charge in [0.05, 0.1) is 5.56 Å². The minimum absolute atomic E-state index is 0.376. The molecule has 1 heterocycles. The number of primary amides is 1. The molecule has 26 heavy (non-hydrogen) atoms. The lowest BCUT2D eigenvalue weighted by Gasteiger charge is -2.34. The second-order valence-corrected chi connectivity index (χ2v) is 7.47. The van der Waals surface area contributed by atoms with E-state index in [-0.39, 0.29) is 0 Å². The molecule has 1 aromatic heterocycles. The molecule has 0 saturated heterocycles. The molecule has 0 radical (unpaired) electrons. The normalized spacial score (nSPS) is 22.8. The van der Waals surface area contributed by atoms with Crippen molar-refractivity contribution >= 4 is 5.91 Å². The van der Waals surface area contributed by atoms with Gasteiger partial charge in [0.1, 0.15) is 5.75 Å². The molecule has 1 amide bonds. The van der Waals surface area contributed by atoms with Gasteiger partial charge in [-0.25, -0.2) is 4.98 Å². The molecule has 1 aliphatic rings. The van der Waals surface area contributed by atoms with E-state index in [4.69, 9.17) is 10.5 Å². The number of carbonyl (C=O) groups excluding carboxylic acids is 1. The summed E-state index contributed by atoms with van der Waals surface area (Å²) in [6.07, 6.45) is 8.05. The Kier molecular flexibility index (Phi) is 5.92. The predicted molar refractivity (Wildman–Crippen MR) is 103 cm³/mol. The summed E-state index contributed by atoms with van der Waals surface area (Å²) in [5, 5.41) is 0. The average molecular weight is 352 g/mol. The summed E-state index contributed by atoms with van der Waals surface area (Å²) in [5.74, 6) is 2.96. The van der Waals surface area contributed by atoms with Crippen LogP contribution in [-0.4, -0.2) is 10.9 Å². The highest BCUT2D eigenvalue weighted by Crippen LogP contribution is 2.42. The number of nitrogens with two attached hydrogens (primary N) is 1. The molecular weight excluding hydrogens is 324 g/mol. The number of amides is 1. The van der Waals surface area contributed by atoms with Gasteiger partial charge in [-0.15, -0.1) is 0 Å². The van der Waals surface area contributed by atoms with Crippen molar-refractivity contribution in [3.63, 3.8) is 0 Å². The lowest BCUT2D eigenvalue weighted by atomic mass is 9.71. The summed E-state index contributed by atoms with van der Waals surface area (Å²) in [6.45, 7) is 4.66. The molecular formula is C22H28N2O2. The molecule has 0 spiro atoms. The van der Waals surface area contributed by atoms with Crippen molar-refractivity contribution in [3.8, 4) is 11.6 Å². The number of pyridine rings is 1. The van der Waals surface area contributed by atoms with Gasteiger partial charge in [-0.2, -0.15) is 0 Å². The molecule has 1 aromatic carbocycles. The number of nitrogens with zero attached hydrogens (tertiary/aromatic N) is 1. The van der Waals surface area contributed by atoms with Crippen LogP contribution >= 0.6 is 0 Å². The van der Waals surface area contributed by atoms with E-state index in [2.05, 4.69) is 31.0 Å². The molecule has 3 rings (SSSR count).